The van der Waals surface area contributed by atoms with Gasteiger partial charge in [-0.3, -0.25) is 9.69 Å². The third-order valence-electron chi connectivity index (χ3n) is 2.88. The van der Waals surface area contributed by atoms with E-state index in [0.717, 1.165) is 5.56 Å². The number of benzene rings is 1. The van der Waals surface area contributed by atoms with Gasteiger partial charge in [0, 0.05) is 13.1 Å². The topological polar surface area (TPSA) is 59.0 Å². The van der Waals surface area contributed by atoms with Crippen LogP contribution >= 0.6 is 11.6 Å². The molecule has 1 aromatic rings. The molecule has 20 heavy (non-hydrogen) atoms. The van der Waals surface area contributed by atoms with Gasteiger partial charge in [0.1, 0.15) is 0 Å². The Morgan fingerprint density at radius 2 is 2.20 bits per heavy atom. The lowest BCUT2D eigenvalue weighted by Crippen LogP contribution is -2.32. The SMILES string of the molecule is CC(C)CN(CC(=O)O)Cc1cc(Cl)c2c(c1)OCO2. The van der Waals surface area contributed by atoms with Crippen molar-refractivity contribution < 1.29 is 19.4 Å². The molecule has 0 unspecified atom stereocenters. The van der Waals surface area contributed by atoms with Gasteiger partial charge in [-0.15, -0.1) is 0 Å². The molecule has 0 aromatic heterocycles. The Morgan fingerprint density at radius 3 is 2.85 bits per heavy atom. The summed E-state index contributed by atoms with van der Waals surface area (Å²) in [6.07, 6.45) is 0. The van der Waals surface area contributed by atoms with Crippen molar-refractivity contribution in [1.82, 2.24) is 4.90 Å². The van der Waals surface area contributed by atoms with Crippen LogP contribution in [0.4, 0.5) is 0 Å². The van der Waals surface area contributed by atoms with Crippen molar-refractivity contribution in [2.75, 3.05) is 19.9 Å². The van der Waals surface area contributed by atoms with Crippen LogP contribution in [-0.4, -0.2) is 35.9 Å². The molecule has 1 aromatic carbocycles. The summed E-state index contributed by atoms with van der Waals surface area (Å²) in [6, 6.07) is 3.65. The number of hydrogen-bond acceptors (Lipinski definition) is 4. The quantitative estimate of drug-likeness (QED) is 0.875. The van der Waals surface area contributed by atoms with E-state index in [1.54, 1.807) is 6.07 Å². The Hall–Kier alpha value is -1.46. The van der Waals surface area contributed by atoms with E-state index < -0.39 is 5.97 Å². The zero-order valence-electron chi connectivity index (χ0n) is 11.6. The lowest BCUT2D eigenvalue weighted by atomic mass is 10.1. The number of halogens is 1. The third kappa shape index (κ3) is 3.77. The molecular weight excluding hydrogens is 282 g/mol. The van der Waals surface area contributed by atoms with Crippen molar-refractivity contribution in [3.63, 3.8) is 0 Å². The molecule has 1 aliphatic rings. The van der Waals surface area contributed by atoms with Gasteiger partial charge in [-0.1, -0.05) is 25.4 Å². The number of rotatable bonds is 6. The molecule has 0 spiro atoms. The molecule has 0 bridgehead atoms. The summed E-state index contributed by atoms with van der Waals surface area (Å²) in [5, 5.41) is 9.47. The van der Waals surface area contributed by atoms with Crippen LogP contribution < -0.4 is 9.47 Å². The van der Waals surface area contributed by atoms with Gasteiger partial charge in [-0.2, -0.15) is 0 Å². The van der Waals surface area contributed by atoms with Crippen molar-refractivity contribution in [1.29, 1.82) is 0 Å². The van der Waals surface area contributed by atoms with Crippen LogP contribution in [0.3, 0.4) is 0 Å². The minimum Gasteiger partial charge on any atom is -0.480 e. The molecule has 1 N–H and O–H groups in total. The highest BCUT2D eigenvalue weighted by Crippen LogP contribution is 2.40. The summed E-state index contributed by atoms with van der Waals surface area (Å²) in [5.41, 5.74) is 0.918. The summed E-state index contributed by atoms with van der Waals surface area (Å²) in [4.78, 5) is 12.8. The number of fused-ring (bicyclic) bond motifs is 1. The maximum atomic E-state index is 10.9. The summed E-state index contributed by atoms with van der Waals surface area (Å²) >= 11 is 6.13. The summed E-state index contributed by atoms with van der Waals surface area (Å²) in [7, 11) is 0. The first-order chi connectivity index (χ1) is 9.45. The Kier molecular flexibility index (Phi) is 4.73. The number of hydrogen-bond donors (Lipinski definition) is 1. The van der Waals surface area contributed by atoms with Crippen molar-refractivity contribution >= 4 is 17.6 Å². The van der Waals surface area contributed by atoms with Gasteiger partial charge in [-0.25, -0.2) is 0 Å². The second-order valence-electron chi connectivity index (χ2n) is 5.27. The second-order valence-corrected chi connectivity index (χ2v) is 5.68. The fraction of sp³-hybridized carbons (Fsp3) is 0.500. The zero-order valence-corrected chi connectivity index (χ0v) is 12.3. The van der Waals surface area contributed by atoms with Crippen LogP contribution in [0.25, 0.3) is 0 Å². The molecular formula is C14H18ClNO4. The van der Waals surface area contributed by atoms with Gasteiger partial charge in [-0.05, 0) is 23.6 Å². The molecule has 0 amide bonds. The smallest absolute Gasteiger partial charge is 0.317 e. The molecule has 1 aliphatic heterocycles. The Balaban J connectivity index is 2.13. The Morgan fingerprint density at radius 1 is 1.45 bits per heavy atom. The van der Waals surface area contributed by atoms with Crippen molar-refractivity contribution in [3.05, 3.63) is 22.7 Å². The molecule has 6 heteroatoms. The van der Waals surface area contributed by atoms with Crippen LogP contribution in [0.5, 0.6) is 11.5 Å². The van der Waals surface area contributed by atoms with E-state index in [-0.39, 0.29) is 13.3 Å². The molecule has 110 valence electrons. The van der Waals surface area contributed by atoms with Crippen LogP contribution in [0.15, 0.2) is 12.1 Å². The monoisotopic (exact) mass is 299 g/mol. The minimum absolute atomic E-state index is 0.00421. The van der Waals surface area contributed by atoms with E-state index in [1.807, 2.05) is 11.0 Å². The first-order valence-corrected chi connectivity index (χ1v) is 6.85. The Bertz CT molecular complexity index is 504. The first-order valence-electron chi connectivity index (χ1n) is 6.48. The average Bonchev–Trinajstić information content (AvgIpc) is 2.75. The summed E-state index contributed by atoms with van der Waals surface area (Å²) < 4.78 is 10.6. The van der Waals surface area contributed by atoms with Gasteiger partial charge in [0.05, 0.1) is 11.6 Å². The van der Waals surface area contributed by atoms with Crippen molar-refractivity contribution in [3.8, 4) is 11.5 Å². The second kappa shape index (κ2) is 6.33. The molecule has 0 aliphatic carbocycles. The standard InChI is InChI=1S/C14H18ClNO4/c1-9(2)5-16(7-13(17)18)6-10-3-11(15)14-12(4-10)19-8-20-14/h3-4,9H,5-8H2,1-2H3,(H,17,18). The van der Waals surface area contributed by atoms with Gasteiger partial charge in [0.2, 0.25) is 6.79 Å². The van der Waals surface area contributed by atoms with Gasteiger partial charge in [0.25, 0.3) is 0 Å². The molecule has 0 fully saturated rings. The number of ether oxygens (including phenoxy) is 2. The van der Waals surface area contributed by atoms with Crippen LogP contribution in [0.2, 0.25) is 5.02 Å². The van der Waals surface area contributed by atoms with E-state index in [9.17, 15) is 4.79 Å². The van der Waals surface area contributed by atoms with Gasteiger partial charge < -0.3 is 14.6 Å². The largest absolute Gasteiger partial charge is 0.480 e. The lowest BCUT2D eigenvalue weighted by molar-refractivity contribution is -0.138. The van der Waals surface area contributed by atoms with E-state index in [0.29, 0.717) is 35.5 Å². The van der Waals surface area contributed by atoms with E-state index >= 15 is 0 Å². The molecule has 1 heterocycles. The van der Waals surface area contributed by atoms with Crippen LogP contribution in [0, 0.1) is 5.92 Å². The number of carboxylic acids is 1. The fourth-order valence-electron chi connectivity index (χ4n) is 2.26. The molecule has 0 radical (unpaired) electrons. The number of carbonyl (C=O) groups is 1. The Labute approximate surface area is 123 Å². The summed E-state index contributed by atoms with van der Waals surface area (Å²) in [5.74, 6) is 0.729. The zero-order chi connectivity index (χ0) is 14.7. The van der Waals surface area contributed by atoms with Crippen LogP contribution in [0.1, 0.15) is 19.4 Å². The van der Waals surface area contributed by atoms with Crippen LogP contribution in [-0.2, 0) is 11.3 Å². The van der Waals surface area contributed by atoms with Crippen molar-refractivity contribution in [2.24, 2.45) is 5.92 Å². The highest BCUT2D eigenvalue weighted by molar-refractivity contribution is 6.32. The first kappa shape index (κ1) is 14.9. The molecule has 2 rings (SSSR count). The van der Waals surface area contributed by atoms with Gasteiger partial charge in [0.15, 0.2) is 11.5 Å². The van der Waals surface area contributed by atoms with Crippen molar-refractivity contribution in [2.45, 2.75) is 20.4 Å². The average molecular weight is 300 g/mol. The number of nitrogens with zero attached hydrogens (tertiary/aromatic N) is 1. The third-order valence-corrected chi connectivity index (χ3v) is 3.16. The van der Waals surface area contributed by atoms with Gasteiger partial charge >= 0.3 is 5.97 Å². The molecule has 0 saturated carbocycles. The predicted octanol–water partition coefficient (Wildman–Crippen LogP) is 2.61. The molecule has 0 atom stereocenters. The maximum Gasteiger partial charge on any atom is 0.317 e. The van der Waals surface area contributed by atoms with E-state index in [1.165, 1.54) is 0 Å². The van der Waals surface area contributed by atoms with E-state index in [2.05, 4.69) is 13.8 Å². The summed E-state index contributed by atoms with van der Waals surface area (Å²) in [6.45, 7) is 5.51. The molecule has 5 nitrogen and oxygen atoms in total. The normalized spacial score (nSPS) is 13.2. The lowest BCUT2D eigenvalue weighted by Gasteiger charge is -2.22. The minimum atomic E-state index is -0.836. The predicted molar refractivity (Wildman–Crippen MR) is 75.3 cm³/mol. The number of aliphatic carboxylic acids is 1. The molecule has 0 saturated heterocycles. The fourth-order valence-corrected chi connectivity index (χ4v) is 2.55. The maximum absolute atomic E-state index is 10.9. The number of carboxylic acid groups (broad SMARTS) is 1. The highest BCUT2D eigenvalue weighted by Gasteiger charge is 2.20. The van der Waals surface area contributed by atoms with E-state index in [4.69, 9.17) is 26.2 Å². The highest BCUT2D eigenvalue weighted by atomic mass is 35.5.